The number of rotatable bonds is 1. The molecule has 0 bridgehead atoms. The molecule has 100 valence electrons. The first-order valence-corrected chi connectivity index (χ1v) is 6.25. The van der Waals surface area contributed by atoms with Crippen molar-refractivity contribution in [3.63, 3.8) is 0 Å². The van der Waals surface area contributed by atoms with Crippen LogP contribution in [0.1, 0.15) is 27.7 Å². The molecule has 6 nitrogen and oxygen atoms in total. The molecule has 1 aliphatic rings. The molecule has 0 spiro atoms. The number of aromatic nitrogens is 3. The minimum absolute atomic E-state index is 0.383. The van der Waals surface area contributed by atoms with Crippen molar-refractivity contribution in [2.24, 2.45) is 0 Å². The van der Waals surface area contributed by atoms with Gasteiger partial charge in [0.2, 0.25) is 0 Å². The summed E-state index contributed by atoms with van der Waals surface area (Å²) in [5.41, 5.74) is 6.69. The summed E-state index contributed by atoms with van der Waals surface area (Å²) in [6.07, 6.45) is 3.25. The Balaban J connectivity index is 2.08. The van der Waals surface area contributed by atoms with E-state index in [0.717, 1.165) is 10.8 Å². The van der Waals surface area contributed by atoms with Crippen LogP contribution in [-0.2, 0) is 9.31 Å². The number of hydrogen-bond donors (Lipinski definition) is 2. The monoisotopic (exact) mass is 260 g/mol. The number of H-pyrrole nitrogens is 1. The van der Waals surface area contributed by atoms with Gasteiger partial charge in [-0.15, -0.1) is 0 Å². The fourth-order valence-corrected chi connectivity index (χ4v) is 2.17. The van der Waals surface area contributed by atoms with Gasteiger partial charge in [0.15, 0.2) is 0 Å². The highest BCUT2D eigenvalue weighted by molar-refractivity contribution is 6.65. The van der Waals surface area contributed by atoms with Gasteiger partial charge in [0.1, 0.15) is 17.8 Å². The number of nitrogen functional groups attached to an aromatic ring is 1. The Kier molecular flexibility index (Phi) is 2.43. The van der Waals surface area contributed by atoms with Crippen LogP contribution in [0.5, 0.6) is 0 Å². The van der Waals surface area contributed by atoms with Gasteiger partial charge in [-0.25, -0.2) is 9.97 Å². The molecule has 0 atom stereocenters. The highest BCUT2D eigenvalue weighted by Crippen LogP contribution is 2.37. The molecule has 1 saturated heterocycles. The molecule has 2 aromatic heterocycles. The summed E-state index contributed by atoms with van der Waals surface area (Å²) in [5, 5.41) is 0.765. The molecule has 0 saturated carbocycles. The van der Waals surface area contributed by atoms with Crippen LogP contribution in [0.15, 0.2) is 12.5 Å². The number of nitrogens with one attached hydrogen (secondary N) is 1. The number of hydrogen-bond acceptors (Lipinski definition) is 5. The summed E-state index contributed by atoms with van der Waals surface area (Å²) in [7, 11) is -0.466. The fourth-order valence-electron chi connectivity index (χ4n) is 2.17. The lowest BCUT2D eigenvalue weighted by atomic mass is 9.79. The third kappa shape index (κ3) is 1.73. The lowest BCUT2D eigenvalue weighted by Crippen LogP contribution is -2.41. The SMILES string of the molecule is CC1(C)OB(c2c[nH]c3ncnc(N)c23)OC1(C)C. The van der Waals surface area contributed by atoms with Crippen LogP contribution in [0.25, 0.3) is 11.0 Å². The van der Waals surface area contributed by atoms with Crippen LogP contribution in [-0.4, -0.2) is 33.3 Å². The third-order valence-electron chi connectivity index (χ3n) is 4.04. The highest BCUT2D eigenvalue weighted by Gasteiger charge is 2.52. The Labute approximate surface area is 111 Å². The van der Waals surface area contributed by atoms with E-state index in [-0.39, 0.29) is 11.2 Å². The number of nitrogens with zero attached hydrogens (tertiary/aromatic N) is 2. The van der Waals surface area contributed by atoms with E-state index < -0.39 is 7.12 Å². The number of aromatic amines is 1. The molecular weight excluding hydrogens is 243 g/mol. The maximum absolute atomic E-state index is 6.02. The number of nitrogens with two attached hydrogens (primary N) is 1. The van der Waals surface area contributed by atoms with Crippen LogP contribution >= 0.6 is 0 Å². The second kappa shape index (κ2) is 3.71. The predicted molar refractivity (Wildman–Crippen MR) is 74.0 cm³/mol. The van der Waals surface area contributed by atoms with Gasteiger partial charge in [0.05, 0.1) is 16.6 Å². The van der Waals surface area contributed by atoms with Crippen molar-refractivity contribution in [2.45, 2.75) is 38.9 Å². The minimum atomic E-state index is -0.466. The van der Waals surface area contributed by atoms with Gasteiger partial charge < -0.3 is 20.0 Å². The predicted octanol–water partition coefficient (Wildman–Crippen LogP) is 0.839. The lowest BCUT2D eigenvalue weighted by molar-refractivity contribution is 0.00578. The molecule has 1 aliphatic heterocycles. The molecule has 3 heterocycles. The molecule has 0 aromatic carbocycles. The topological polar surface area (TPSA) is 86.0 Å². The quantitative estimate of drug-likeness (QED) is 0.742. The van der Waals surface area contributed by atoms with E-state index >= 15 is 0 Å². The number of fused-ring (bicyclic) bond motifs is 1. The summed E-state index contributed by atoms with van der Waals surface area (Å²) < 4.78 is 12.0. The maximum atomic E-state index is 6.02. The molecule has 0 aliphatic carbocycles. The molecule has 3 rings (SSSR count). The van der Waals surface area contributed by atoms with Gasteiger partial charge in [-0.05, 0) is 27.7 Å². The zero-order valence-corrected chi connectivity index (χ0v) is 11.5. The van der Waals surface area contributed by atoms with Crippen LogP contribution in [0.2, 0.25) is 0 Å². The van der Waals surface area contributed by atoms with E-state index in [4.69, 9.17) is 15.0 Å². The van der Waals surface area contributed by atoms with Gasteiger partial charge in [-0.1, -0.05) is 0 Å². The van der Waals surface area contributed by atoms with E-state index in [1.807, 2.05) is 33.9 Å². The van der Waals surface area contributed by atoms with Gasteiger partial charge in [-0.2, -0.15) is 0 Å². The Hall–Kier alpha value is -1.60. The first-order chi connectivity index (χ1) is 8.82. The molecule has 3 N–H and O–H groups in total. The standard InChI is InChI=1S/C12H17BN4O2/c1-11(2)12(3,4)19-13(18-11)7-5-15-10-8(7)9(14)16-6-17-10/h5-6H,1-4H3,(H3,14,15,16,17). The molecule has 0 amide bonds. The van der Waals surface area contributed by atoms with E-state index in [2.05, 4.69) is 15.0 Å². The van der Waals surface area contributed by atoms with Crippen molar-refractivity contribution < 1.29 is 9.31 Å². The zero-order chi connectivity index (χ0) is 13.8. The van der Waals surface area contributed by atoms with Gasteiger partial charge in [0.25, 0.3) is 0 Å². The summed E-state index contributed by atoms with van der Waals surface area (Å²) in [4.78, 5) is 11.2. The molecule has 0 radical (unpaired) electrons. The summed E-state index contributed by atoms with van der Waals surface area (Å²) in [6, 6.07) is 0. The molecule has 2 aromatic rings. The maximum Gasteiger partial charge on any atom is 0.497 e. The lowest BCUT2D eigenvalue weighted by Gasteiger charge is -2.32. The zero-order valence-electron chi connectivity index (χ0n) is 11.5. The Bertz CT molecular complexity index is 622. The average molecular weight is 260 g/mol. The second-order valence-electron chi connectivity index (χ2n) is 5.81. The second-order valence-corrected chi connectivity index (χ2v) is 5.81. The van der Waals surface area contributed by atoms with Crippen LogP contribution < -0.4 is 11.2 Å². The highest BCUT2D eigenvalue weighted by atomic mass is 16.7. The van der Waals surface area contributed by atoms with Crippen LogP contribution in [0, 0.1) is 0 Å². The van der Waals surface area contributed by atoms with Crippen molar-refractivity contribution in [1.29, 1.82) is 0 Å². The van der Waals surface area contributed by atoms with Crippen LogP contribution in [0.3, 0.4) is 0 Å². The van der Waals surface area contributed by atoms with Crippen molar-refractivity contribution in [3.8, 4) is 0 Å². The molecule has 0 unspecified atom stereocenters. The van der Waals surface area contributed by atoms with Crippen molar-refractivity contribution in [2.75, 3.05) is 5.73 Å². The van der Waals surface area contributed by atoms with Crippen molar-refractivity contribution in [1.82, 2.24) is 15.0 Å². The smallest absolute Gasteiger partial charge is 0.399 e. The van der Waals surface area contributed by atoms with E-state index in [1.54, 1.807) is 0 Å². The Morgan fingerprint density at radius 1 is 1.16 bits per heavy atom. The van der Waals surface area contributed by atoms with Crippen LogP contribution in [0.4, 0.5) is 5.82 Å². The van der Waals surface area contributed by atoms with E-state index in [0.29, 0.717) is 11.5 Å². The normalized spacial score (nSPS) is 21.2. The molecular formula is C12H17BN4O2. The minimum Gasteiger partial charge on any atom is -0.399 e. The number of anilines is 1. The molecule has 19 heavy (non-hydrogen) atoms. The molecule has 1 fully saturated rings. The van der Waals surface area contributed by atoms with Crippen molar-refractivity contribution >= 4 is 29.4 Å². The van der Waals surface area contributed by atoms with Crippen molar-refractivity contribution in [3.05, 3.63) is 12.5 Å². The summed E-state index contributed by atoms with van der Waals surface area (Å²) in [5.74, 6) is 0.427. The third-order valence-corrected chi connectivity index (χ3v) is 4.04. The van der Waals surface area contributed by atoms with Gasteiger partial charge in [0, 0.05) is 11.7 Å². The Morgan fingerprint density at radius 2 is 1.79 bits per heavy atom. The summed E-state index contributed by atoms with van der Waals surface area (Å²) >= 11 is 0. The summed E-state index contributed by atoms with van der Waals surface area (Å²) in [6.45, 7) is 8.06. The Morgan fingerprint density at radius 3 is 2.42 bits per heavy atom. The first kappa shape index (κ1) is 12.4. The average Bonchev–Trinajstić information content (AvgIpc) is 2.80. The van der Waals surface area contributed by atoms with Gasteiger partial charge >= 0.3 is 7.12 Å². The molecule has 7 heteroatoms. The van der Waals surface area contributed by atoms with E-state index in [1.165, 1.54) is 6.33 Å². The largest absolute Gasteiger partial charge is 0.497 e. The fraction of sp³-hybridized carbons (Fsp3) is 0.500. The first-order valence-electron chi connectivity index (χ1n) is 6.25. The van der Waals surface area contributed by atoms with E-state index in [9.17, 15) is 0 Å². The van der Waals surface area contributed by atoms with Gasteiger partial charge in [-0.3, -0.25) is 0 Å².